The maximum atomic E-state index is 9.21. The lowest BCUT2D eigenvalue weighted by Crippen LogP contribution is -2.24. The van der Waals surface area contributed by atoms with E-state index in [1.165, 1.54) is 0 Å². The molecule has 0 unspecified atom stereocenters. The standard InChI is InChI=1S/C8H14O3/c1-5(9)6-2-3-7(11-6)8-4-10-8/h5-9H,2-4H2,1H3/t5-,6-,7-,8+/m1/s1. The molecule has 2 aliphatic heterocycles. The van der Waals surface area contributed by atoms with E-state index in [2.05, 4.69) is 0 Å². The van der Waals surface area contributed by atoms with E-state index in [4.69, 9.17) is 9.47 Å². The molecule has 2 fully saturated rings. The van der Waals surface area contributed by atoms with Gasteiger partial charge in [0.25, 0.3) is 0 Å². The molecule has 2 heterocycles. The van der Waals surface area contributed by atoms with Crippen molar-refractivity contribution in [3.05, 3.63) is 0 Å². The summed E-state index contributed by atoms with van der Waals surface area (Å²) in [5.41, 5.74) is 0. The predicted molar refractivity (Wildman–Crippen MR) is 39.3 cm³/mol. The van der Waals surface area contributed by atoms with Crippen LogP contribution in [0, 0.1) is 0 Å². The van der Waals surface area contributed by atoms with Gasteiger partial charge in [0.1, 0.15) is 6.10 Å². The first kappa shape index (κ1) is 7.53. The molecule has 11 heavy (non-hydrogen) atoms. The van der Waals surface area contributed by atoms with Crippen LogP contribution in [0.3, 0.4) is 0 Å². The van der Waals surface area contributed by atoms with E-state index in [0.29, 0.717) is 6.10 Å². The molecule has 64 valence electrons. The second-order valence-corrected chi connectivity index (χ2v) is 3.40. The molecule has 0 radical (unpaired) electrons. The highest BCUT2D eigenvalue weighted by Crippen LogP contribution is 2.30. The number of epoxide rings is 1. The summed E-state index contributed by atoms with van der Waals surface area (Å²) >= 11 is 0. The average molecular weight is 158 g/mol. The molecule has 2 rings (SSSR count). The first-order chi connectivity index (χ1) is 5.27. The maximum Gasteiger partial charge on any atom is 0.107 e. The molecule has 2 aliphatic rings. The Morgan fingerprint density at radius 3 is 2.55 bits per heavy atom. The summed E-state index contributed by atoms with van der Waals surface area (Å²) in [6.45, 7) is 2.62. The van der Waals surface area contributed by atoms with Crippen molar-refractivity contribution in [1.29, 1.82) is 0 Å². The summed E-state index contributed by atoms with van der Waals surface area (Å²) in [6.07, 6.45) is 2.32. The van der Waals surface area contributed by atoms with Crippen LogP contribution in [0.25, 0.3) is 0 Å². The fourth-order valence-electron chi connectivity index (χ4n) is 1.59. The molecule has 2 saturated heterocycles. The fraction of sp³-hybridized carbons (Fsp3) is 1.00. The van der Waals surface area contributed by atoms with Gasteiger partial charge in [-0.15, -0.1) is 0 Å². The third-order valence-electron chi connectivity index (χ3n) is 2.40. The smallest absolute Gasteiger partial charge is 0.107 e. The zero-order chi connectivity index (χ0) is 7.84. The Morgan fingerprint density at radius 2 is 2.09 bits per heavy atom. The van der Waals surface area contributed by atoms with Gasteiger partial charge in [0, 0.05) is 0 Å². The molecule has 0 aromatic heterocycles. The van der Waals surface area contributed by atoms with Crippen molar-refractivity contribution in [2.24, 2.45) is 0 Å². The van der Waals surface area contributed by atoms with Crippen LogP contribution in [0.15, 0.2) is 0 Å². The van der Waals surface area contributed by atoms with Crippen molar-refractivity contribution in [3.8, 4) is 0 Å². The van der Waals surface area contributed by atoms with Crippen molar-refractivity contribution in [1.82, 2.24) is 0 Å². The van der Waals surface area contributed by atoms with Crippen LogP contribution in [-0.4, -0.2) is 36.1 Å². The quantitative estimate of drug-likeness (QED) is 0.588. The normalized spacial score (nSPS) is 45.8. The average Bonchev–Trinajstić information content (AvgIpc) is 2.68. The zero-order valence-electron chi connectivity index (χ0n) is 6.69. The second-order valence-electron chi connectivity index (χ2n) is 3.40. The van der Waals surface area contributed by atoms with Crippen LogP contribution in [0.1, 0.15) is 19.8 Å². The number of aliphatic hydroxyl groups excluding tert-OH is 1. The predicted octanol–water partition coefficient (Wildman–Crippen LogP) is 0.314. The van der Waals surface area contributed by atoms with Gasteiger partial charge in [0.15, 0.2) is 0 Å². The van der Waals surface area contributed by atoms with Gasteiger partial charge in [-0.05, 0) is 19.8 Å². The summed E-state index contributed by atoms with van der Waals surface area (Å²) in [7, 11) is 0. The van der Waals surface area contributed by atoms with Crippen molar-refractivity contribution in [3.63, 3.8) is 0 Å². The number of aliphatic hydroxyl groups is 1. The molecule has 3 heteroatoms. The van der Waals surface area contributed by atoms with Crippen LogP contribution in [0.2, 0.25) is 0 Å². The van der Waals surface area contributed by atoms with Gasteiger partial charge in [-0.25, -0.2) is 0 Å². The van der Waals surface area contributed by atoms with Crippen LogP contribution >= 0.6 is 0 Å². The first-order valence-electron chi connectivity index (χ1n) is 4.22. The Hall–Kier alpha value is -0.120. The Balaban J connectivity index is 1.82. The van der Waals surface area contributed by atoms with E-state index in [0.717, 1.165) is 19.4 Å². The van der Waals surface area contributed by atoms with E-state index in [-0.39, 0.29) is 18.3 Å². The monoisotopic (exact) mass is 158 g/mol. The van der Waals surface area contributed by atoms with Gasteiger partial charge in [-0.1, -0.05) is 0 Å². The minimum Gasteiger partial charge on any atom is -0.391 e. The van der Waals surface area contributed by atoms with E-state index in [9.17, 15) is 5.11 Å². The van der Waals surface area contributed by atoms with E-state index in [1.54, 1.807) is 6.92 Å². The highest BCUT2D eigenvalue weighted by Gasteiger charge is 2.40. The van der Waals surface area contributed by atoms with E-state index >= 15 is 0 Å². The van der Waals surface area contributed by atoms with E-state index < -0.39 is 0 Å². The molecular weight excluding hydrogens is 144 g/mol. The van der Waals surface area contributed by atoms with Gasteiger partial charge in [-0.2, -0.15) is 0 Å². The number of rotatable bonds is 2. The molecule has 3 nitrogen and oxygen atoms in total. The third kappa shape index (κ3) is 1.55. The lowest BCUT2D eigenvalue weighted by Gasteiger charge is -2.14. The van der Waals surface area contributed by atoms with E-state index in [1.807, 2.05) is 0 Å². The number of hydrogen-bond acceptors (Lipinski definition) is 3. The SMILES string of the molecule is C[C@@H](O)[C@H]1CC[C@H]([C@@H]2CO2)O1. The summed E-state index contributed by atoms with van der Waals surface area (Å²) in [4.78, 5) is 0. The summed E-state index contributed by atoms with van der Waals surface area (Å²) in [5, 5.41) is 9.21. The molecule has 0 amide bonds. The maximum absolute atomic E-state index is 9.21. The summed E-state index contributed by atoms with van der Waals surface area (Å²) in [5.74, 6) is 0. The van der Waals surface area contributed by atoms with Gasteiger partial charge in [0.2, 0.25) is 0 Å². The molecule has 1 N–H and O–H groups in total. The molecular formula is C8H14O3. The molecule has 0 saturated carbocycles. The minimum atomic E-state index is -0.334. The minimum absolute atomic E-state index is 0.0456. The topological polar surface area (TPSA) is 42.0 Å². The Kier molecular flexibility index (Phi) is 1.87. The second kappa shape index (κ2) is 2.73. The number of ether oxygens (including phenoxy) is 2. The van der Waals surface area contributed by atoms with Crippen LogP contribution < -0.4 is 0 Å². The Morgan fingerprint density at radius 1 is 1.36 bits per heavy atom. The van der Waals surface area contributed by atoms with Crippen LogP contribution in [0.5, 0.6) is 0 Å². The van der Waals surface area contributed by atoms with Crippen molar-refractivity contribution in [2.75, 3.05) is 6.61 Å². The molecule has 0 aromatic carbocycles. The molecule has 0 bridgehead atoms. The highest BCUT2D eigenvalue weighted by molar-refractivity contribution is 4.87. The van der Waals surface area contributed by atoms with Crippen molar-refractivity contribution in [2.45, 2.75) is 44.2 Å². The molecule has 0 aromatic rings. The summed E-state index contributed by atoms with van der Waals surface area (Å²) < 4.78 is 10.7. The highest BCUT2D eigenvalue weighted by atomic mass is 16.6. The zero-order valence-corrected chi connectivity index (χ0v) is 6.69. The largest absolute Gasteiger partial charge is 0.391 e. The summed E-state index contributed by atoms with van der Waals surface area (Å²) in [6, 6.07) is 0. The van der Waals surface area contributed by atoms with Crippen LogP contribution in [-0.2, 0) is 9.47 Å². The van der Waals surface area contributed by atoms with Gasteiger partial charge in [-0.3, -0.25) is 0 Å². The van der Waals surface area contributed by atoms with Crippen molar-refractivity contribution >= 4 is 0 Å². The first-order valence-corrected chi connectivity index (χ1v) is 4.22. The van der Waals surface area contributed by atoms with Crippen molar-refractivity contribution < 1.29 is 14.6 Å². The van der Waals surface area contributed by atoms with Gasteiger partial charge in [0.05, 0.1) is 24.9 Å². The van der Waals surface area contributed by atoms with Crippen LogP contribution in [0.4, 0.5) is 0 Å². The van der Waals surface area contributed by atoms with Gasteiger partial charge >= 0.3 is 0 Å². The van der Waals surface area contributed by atoms with Gasteiger partial charge < -0.3 is 14.6 Å². The number of hydrogen-bond donors (Lipinski definition) is 1. The fourth-order valence-corrected chi connectivity index (χ4v) is 1.59. The lowest BCUT2D eigenvalue weighted by molar-refractivity contribution is -0.0340. The third-order valence-corrected chi connectivity index (χ3v) is 2.40. The Labute approximate surface area is 66.3 Å². The molecule has 4 atom stereocenters. The molecule has 0 spiro atoms. The molecule has 0 aliphatic carbocycles. The Bertz CT molecular complexity index is 134. The lowest BCUT2D eigenvalue weighted by atomic mass is 10.1.